The molecule has 1 aromatic rings. The Morgan fingerprint density at radius 1 is 1.62 bits per heavy atom. The van der Waals surface area contributed by atoms with Crippen LogP contribution in [0.3, 0.4) is 0 Å². The monoisotopic (exact) mass is 196 g/mol. The lowest BCUT2D eigenvalue weighted by Gasteiger charge is -2.33. The second-order valence-corrected chi connectivity index (χ2v) is 5.07. The average molecular weight is 196 g/mol. The molecule has 1 aliphatic carbocycles. The van der Waals surface area contributed by atoms with Crippen LogP contribution in [0.1, 0.15) is 38.2 Å². The summed E-state index contributed by atoms with van der Waals surface area (Å²) in [5.41, 5.74) is 0.495. The van der Waals surface area contributed by atoms with Crippen LogP contribution in [0.25, 0.3) is 0 Å². The van der Waals surface area contributed by atoms with Crippen molar-refractivity contribution in [3.05, 3.63) is 22.4 Å². The molecule has 0 saturated heterocycles. The van der Waals surface area contributed by atoms with Crippen LogP contribution in [0, 0.1) is 5.92 Å². The third-order valence-electron chi connectivity index (χ3n) is 3.05. The number of rotatable bonds is 3. The summed E-state index contributed by atoms with van der Waals surface area (Å²) >= 11 is 1.66. The van der Waals surface area contributed by atoms with Gasteiger partial charge < -0.3 is 5.11 Å². The van der Waals surface area contributed by atoms with Crippen LogP contribution in [0.15, 0.2) is 16.8 Å². The molecule has 1 nitrogen and oxygen atoms in total. The summed E-state index contributed by atoms with van der Waals surface area (Å²) in [6, 6.07) is 2.03. The fraction of sp³-hybridized carbons (Fsp3) is 0.636. The van der Waals surface area contributed by atoms with E-state index in [-0.39, 0.29) is 0 Å². The maximum absolute atomic E-state index is 10.2. The highest BCUT2D eigenvalue weighted by Gasteiger charge is 2.30. The molecular weight excluding hydrogens is 180 g/mol. The molecule has 13 heavy (non-hydrogen) atoms. The fourth-order valence-corrected chi connectivity index (χ4v) is 2.73. The molecule has 1 fully saturated rings. The summed E-state index contributed by atoms with van der Waals surface area (Å²) in [7, 11) is 0. The zero-order chi connectivity index (χ0) is 9.31. The molecule has 0 aromatic carbocycles. The lowest BCUT2D eigenvalue weighted by Crippen LogP contribution is -2.27. The van der Waals surface area contributed by atoms with E-state index < -0.39 is 5.60 Å². The minimum atomic E-state index is -0.592. The van der Waals surface area contributed by atoms with E-state index in [1.807, 2.05) is 18.4 Å². The summed E-state index contributed by atoms with van der Waals surface area (Å²) < 4.78 is 0. The Balaban J connectivity index is 2.02. The van der Waals surface area contributed by atoms with E-state index >= 15 is 0 Å². The first-order valence-corrected chi connectivity index (χ1v) is 5.88. The maximum atomic E-state index is 10.2. The summed E-state index contributed by atoms with van der Waals surface area (Å²) in [6.07, 6.45) is 4.90. The van der Waals surface area contributed by atoms with Gasteiger partial charge >= 0.3 is 0 Å². The molecule has 1 atom stereocenters. The number of thiophene rings is 1. The van der Waals surface area contributed by atoms with Gasteiger partial charge in [-0.15, -0.1) is 0 Å². The van der Waals surface area contributed by atoms with E-state index in [1.165, 1.54) is 19.3 Å². The van der Waals surface area contributed by atoms with Gasteiger partial charge in [0.2, 0.25) is 0 Å². The Morgan fingerprint density at radius 2 is 2.38 bits per heavy atom. The van der Waals surface area contributed by atoms with Gasteiger partial charge in [0.25, 0.3) is 0 Å². The van der Waals surface area contributed by atoms with E-state index in [0.717, 1.165) is 17.9 Å². The standard InChI is InChI=1S/C11H16OS/c1-11(12,7-9-3-2-4-9)10-5-6-13-8-10/h5-6,8-9,12H,2-4,7H2,1H3. The molecule has 0 amide bonds. The van der Waals surface area contributed by atoms with Crippen LogP contribution < -0.4 is 0 Å². The van der Waals surface area contributed by atoms with Crippen LogP contribution >= 0.6 is 11.3 Å². The van der Waals surface area contributed by atoms with E-state index in [9.17, 15) is 5.11 Å². The first-order chi connectivity index (χ1) is 6.18. The highest BCUT2D eigenvalue weighted by molar-refractivity contribution is 7.08. The van der Waals surface area contributed by atoms with Crippen molar-refractivity contribution in [3.8, 4) is 0 Å². The Hall–Kier alpha value is -0.340. The van der Waals surface area contributed by atoms with Crippen molar-refractivity contribution < 1.29 is 5.11 Å². The van der Waals surface area contributed by atoms with Crippen molar-refractivity contribution in [2.75, 3.05) is 0 Å². The van der Waals surface area contributed by atoms with E-state index in [2.05, 4.69) is 5.38 Å². The Labute approximate surface area is 83.4 Å². The summed E-state index contributed by atoms with van der Waals surface area (Å²) in [4.78, 5) is 0. The molecule has 2 rings (SSSR count). The normalized spacial score (nSPS) is 22.3. The molecular formula is C11H16OS. The smallest absolute Gasteiger partial charge is 0.0879 e. The average Bonchev–Trinajstić information content (AvgIpc) is 2.49. The first kappa shape index (κ1) is 9.22. The zero-order valence-electron chi connectivity index (χ0n) is 7.99. The molecule has 1 aromatic heterocycles. The molecule has 0 radical (unpaired) electrons. The Bertz CT molecular complexity index is 260. The molecule has 1 unspecified atom stereocenters. The van der Waals surface area contributed by atoms with Crippen molar-refractivity contribution in [1.82, 2.24) is 0 Å². The van der Waals surface area contributed by atoms with E-state index in [4.69, 9.17) is 0 Å². The lowest BCUT2D eigenvalue weighted by atomic mass is 9.76. The third kappa shape index (κ3) is 1.94. The Morgan fingerprint density at radius 3 is 2.85 bits per heavy atom. The molecule has 1 heterocycles. The van der Waals surface area contributed by atoms with Crippen LogP contribution in [-0.2, 0) is 5.60 Å². The zero-order valence-corrected chi connectivity index (χ0v) is 8.81. The van der Waals surface area contributed by atoms with Crippen LogP contribution in [0.4, 0.5) is 0 Å². The number of hydrogen-bond donors (Lipinski definition) is 1. The summed E-state index contributed by atoms with van der Waals surface area (Å²) in [6.45, 7) is 1.94. The van der Waals surface area contributed by atoms with Gasteiger partial charge in [0.05, 0.1) is 5.60 Å². The second kappa shape index (κ2) is 3.43. The molecule has 1 N–H and O–H groups in total. The highest BCUT2D eigenvalue weighted by atomic mass is 32.1. The highest BCUT2D eigenvalue weighted by Crippen LogP contribution is 2.38. The topological polar surface area (TPSA) is 20.2 Å². The summed E-state index contributed by atoms with van der Waals surface area (Å²) in [5, 5.41) is 14.3. The lowest BCUT2D eigenvalue weighted by molar-refractivity contribution is 0.0165. The van der Waals surface area contributed by atoms with Crippen LogP contribution in [0.5, 0.6) is 0 Å². The van der Waals surface area contributed by atoms with Crippen molar-refractivity contribution in [1.29, 1.82) is 0 Å². The Kier molecular flexibility index (Phi) is 2.43. The minimum Gasteiger partial charge on any atom is -0.385 e. The van der Waals surface area contributed by atoms with Crippen molar-refractivity contribution in [2.45, 2.75) is 38.2 Å². The predicted octanol–water partition coefficient (Wildman–Crippen LogP) is 3.15. The van der Waals surface area contributed by atoms with E-state index in [1.54, 1.807) is 11.3 Å². The first-order valence-electron chi connectivity index (χ1n) is 4.93. The van der Waals surface area contributed by atoms with Gasteiger partial charge in [-0.25, -0.2) is 0 Å². The largest absolute Gasteiger partial charge is 0.385 e. The summed E-state index contributed by atoms with van der Waals surface area (Å²) in [5.74, 6) is 0.759. The van der Waals surface area contributed by atoms with Gasteiger partial charge in [-0.2, -0.15) is 11.3 Å². The van der Waals surface area contributed by atoms with Gasteiger partial charge in [0.15, 0.2) is 0 Å². The quantitative estimate of drug-likeness (QED) is 0.787. The van der Waals surface area contributed by atoms with Gasteiger partial charge in [0, 0.05) is 0 Å². The molecule has 1 aliphatic rings. The van der Waals surface area contributed by atoms with Crippen LogP contribution in [0.2, 0.25) is 0 Å². The predicted molar refractivity (Wildman–Crippen MR) is 55.8 cm³/mol. The minimum absolute atomic E-state index is 0.592. The van der Waals surface area contributed by atoms with Gasteiger partial charge in [-0.1, -0.05) is 19.3 Å². The SMILES string of the molecule is CC(O)(CC1CCC1)c1ccsc1. The molecule has 2 heteroatoms. The van der Waals surface area contributed by atoms with Gasteiger partial charge in [-0.05, 0) is 41.7 Å². The second-order valence-electron chi connectivity index (χ2n) is 4.29. The number of aliphatic hydroxyl groups is 1. The molecule has 1 saturated carbocycles. The van der Waals surface area contributed by atoms with Gasteiger partial charge in [0.1, 0.15) is 0 Å². The molecule has 72 valence electrons. The number of hydrogen-bond acceptors (Lipinski definition) is 2. The van der Waals surface area contributed by atoms with Crippen molar-refractivity contribution in [2.24, 2.45) is 5.92 Å². The molecule has 0 bridgehead atoms. The van der Waals surface area contributed by atoms with Crippen LogP contribution in [-0.4, -0.2) is 5.11 Å². The van der Waals surface area contributed by atoms with Crippen molar-refractivity contribution >= 4 is 11.3 Å². The fourth-order valence-electron chi connectivity index (χ4n) is 1.95. The maximum Gasteiger partial charge on any atom is 0.0879 e. The van der Waals surface area contributed by atoms with Gasteiger partial charge in [-0.3, -0.25) is 0 Å². The van der Waals surface area contributed by atoms with Crippen molar-refractivity contribution in [3.63, 3.8) is 0 Å². The molecule has 0 aliphatic heterocycles. The third-order valence-corrected chi connectivity index (χ3v) is 3.74. The van der Waals surface area contributed by atoms with E-state index in [0.29, 0.717) is 0 Å². The molecule has 0 spiro atoms.